The molecular weight excluding hydrogens is 324 g/mol. The molecule has 0 aliphatic carbocycles. The molecule has 0 spiro atoms. The number of hydrogen-bond donors (Lipinski definition) is 1. The first-order valence-electron chi connectivity index (χ1n) is 7.92. The van der Waals surface area contributed by atoms with E-state index < -0.39 is 0 Å². The van der Waals surface area contributed by atoms with Crippen molar-refractivity contribution in [2.75, 3.05) is 31.1 Å². The molecule has 1 aliphatic heterocycles. The Hall–Kier alpha value is -2.32. The lowest BCUT2D eigenvalue weighted by Gasteiger charge is -2.34. The molecule has 24 heavy (non-hydrogen) atoms. The van der Waals surface area contributed by atoms with Crippen LogP contribution in [0, 0.1) is 6.92 Å². The fourth-order valence-electron chi connectivity index (χ4n) is 2.90. The van der Waals surface area contributed by atoms with Crippen LogP contribution in [0.3, 0.4) is 0 Å². The van der Waals surface area contributed by atoms with Crippen LogP contribution in [0.15, 0.2) is 28.5 Å². The molecule has 1 N–H and O–H groups in total. The summed E-state index contributed by atoms with van der Waals surface area (Å²) >= 11 is 1.43. The Kier molecular flexibility index (Phi) is 3.99. The third-order valence-corrected chi connectivity index (χ3v) is 5.08. The number of aryl methyl sites for hydroxylation is 1. The maximum absolute atomic E-state index is 12.0. The highest BCUT2D eigenvalue weighted by molar-refractivity contribution is 7.17. The van der Waals surface area contributed by atoms with Gasteiger partial charge in [0.25, 0.3) is 5.56 Å². The zero-order valence-corrected chi connectivity index (χ0v) is 14.2. The van der Waals surface area contributed by atoms with E-state index in [-0.39, 0.29) is 5.56 Å². The van der Waals surface area contributed by atoms with E-state index in [1.165, 1.54) is 11.3 Å². The predicted octanol–water partition coefficient (Wildman–Crippen LogP) is 1.41. The predicted molar refractivity (Wildman–Crippen MR) is 94.5 cm³/mol. The fraction of sp³-hybridized carbons (Fsp3) is 0.375. The summed E-state index contributed by atoms with van der Waals surface area (Å²) < 4.78 is 0.695. The van der Waals surface area contributed by atoms with Crippen LogP contribution in [0.4, 0.5) is 5.95 Å². The van der Waals surface area contributed by atoms with Gasteiger partial charge in [-0.3, -0.25) is 9.69 Å². The third kappa shape index (κ3) is 3.02. The molecule has 0 radical (unpaired) electrons. The number of nitrogens with zero attached hydrogens (tertiary/aromatic N) is 5. The van der Waals surface area contributed by atoms with Gasteiger partial charge in [0.15, 0.2) is 0 Å². The molecule has 1 saturated heterocycles. The van der Waals surface area contributed by atoms with Crippen molar-refractivity contribution in [3.63, 3.8) is 0 Å². The van der Waals surface area contributed by atoms with Crippen molar-refractivity contribution >= 4 is 27.5 Å². The second kappa shape index (κ2) is 6.29. The summed E-state index contributed by atoms with van der Waals surface area (Å²) in [5.74, 6) is 1.52. The lowest BCUT2D eigenvalue weighted by Crippen LogP contribution is -2.46. The first-order valence-corrected chi connectivity index (χ1v) is 8.80. The molecule has 4 rings (SSSR count). The first-order chi connectivity index (χ1) is 11.7. The van der Waals surface area contributed by atoms with Crippen molar-refractivity contribution in [1.82, 2.24) is 24.8 Å². The number of rotatable bonds is 3. The quantitative estimate of drug-likeness (QED) is 0.775. The van der Waals surface area contributed by atoms with Crippen LogP contribution in [0.25, 0.3) is 10.2 Å². The summed E-state index contributed by atoms with van der Waals surface area (Å²) in [6.07, 6.45) is 1.80. The van der Waals surface area contributed by atoms with Crippen molar-refractivity contribution in [2.24, 2.45) is 0 Å². The van der Waals surface area contributed by atoms with Gasteiger partial charge in [-0.05, 0) is 24.4 Å². The molecule has 0 bridgehead atoms. The number of H-pyrrole nitrogens is 1. The minimum absolute atomic E-state index is 0.0446. The van der Waals surface area contributed by atoms with E-state index in [0.717, 1.165) is 49.2 Å². The normalized spacial score (nSPS) is 16.0. The molecule has 8 heteroatoms. The maximum Gasteiger partial charge on any atom is 0.268 e. The molecule has 0 atom stereocenters. The van der Waals surface area contributed by atoms with Gasteiger partial charge in [0.05, 0.1) is 12.1 Å². The smallest absolute Gasteiger partial charge is 0.268 e. The van der Waals surface area contributed by atoms with E-state index in [0.29, 0.717) is 11.2 Å². The standard InChI is InChI=1S/C16H18N6OS/c1-11-2-4-17-16(18-11)22-7-5-21(6-8-22)10-13-19-12-3-9-24-14(12)15(23)20-13/h2-4,9H,5-8,10H2,1H3,(H,19,20,23). The van der Waals surface area contributed by atoms with Gasteiger partial charge in [-0.15, -0.1) is 11.3 Å². The average molecular weight is 342 g/mol. The van der Waals surface area contributed by atoms with E-state index in [1.54, 1.807) is 6.20 Å². The number of anilines is 1. The Balaban J connectivity index is 1.43. The summed E-state index contributed by atoms with van der Waals surface area (Å²) in [6.45, 7) is 6.15. The second-order valence-corrected chi connectivity index (χ2v) is 6.82. The SMILES string of the molecule is Cc1ccnc(N2CCN(Cc3nc4ccsc4c(=O)[nH]3)CC2)n1. The van der Waals surface area contributed by atoms with Gasteiger partial charge in [-0.25, -0.2) is 15.0 Å². The van der Waals surface area contributed by atoms with E-state index in [9.17, 15) is 4.79 Å². The van der Waals surface area contributed by atoms with E-state index in [1.807, 2.05) is 24.4 Å². The monoisotopic (exact) mass is 342 g/mol. The van der Waals surface area contributed by atoms with Gasteiger partial charge in [0.1, 0.15) is 10.5 Å². The van der Waals surface area contributed by atoms with Crippen LogP contribution < -0.4 is 10.5 Å². The summed E-state index contributed by atoms with van der Waals surface area (Å²) in [7, 11) is 0. The highest BCUT2D eigenvalue weighted by Gasteiger charge is 2.20. The lowest BCUT2D eigenvalue weighted by atomic mass is 10.3. The molecule has 3 aromatic rings. The van der Waals surface area contributed by atoms with Gasteiger partial charge in [0, 0.05) is 38.1 Å². The van der Waals surface area contributed by atoms with Crippen LogP contribution in [0.2, 0.25) is 0 Å². The Bertz CT molecular complexity index is 912. The van der Waals surface area contributed by atoms with E-state index in [4.69, 9.17) is 0 Å². The maximum atomic E-state index is 12.0. The number of nitrogens with one attached hydrogen (secondary N) is 1. The molecule has 7 nitrogen and oxygen atoms in total. The molecule has 1 fully saturated rings. The summed E-state index contributed by atoms with van der Waals surface area (Å²) in [5.41, 5.74) is 1.72. The highest BCUT2D eigenvalue weighted by Crippen LogP contribution is 2.15. The number of thiophene rings is 1. The van der Waals surface area contributed by atoms with Gasteiger partial charge >= 0.3 is 0 Å². The first kappa shape index (κ1) is 15.2. The van der Waals surface area contributed by atoms with Gasteiger partial charge in [-0.1, -0.05) is 0 Å². The van der Waals surface area contributed by atoms with Crippen molar-refractivity contribution in [3.8, 4) is 0 Å². The topological polar surface area (TPSA) is 78.0 Å². The molecule has 0 aromatic carbocycles. The van der Waals surface area contributed by atoms with Crippen molar-refractivity contribution < 1.29 is 0 Å². The lowest BCUT2D eigenvalue weighted by molar-refractivity contribution is 0.243. The summed E-state index contributed by atoms with van der Waals surface area (Å²) in [4.78, 5) is 32.8. The van der Waals surface area contributed by atoms with Crippen molar-refractivity contribution in [3.05, 3.63) is 45.6 Å². The van der Waals surface area contributed by atoms with Gasteiger partial charge in [0.2, 0.25) is 5.95 Å². The van der Waals surface area contributed by atoms with Crippen LogP contribution in [-0.4, -0.2) is 51.0 Å². The minimum Gasteiger partial charge on any atom is -0.338 e. The zero-order chi connectivity index (χ0) is 16.5. The fourth-order valence-corrected chi connectivity index (χ4v) is 3.63. The number of hydrogen-bond acceptors (Lipinski definition) is 7. The Morgan fingerprint density at radius 3 is 2.83 bits per heavy atom. The number of piperazine rings is 1. The zero-order valence-electron chi connectivity index (χ0n) is 13.4. The number of aromatic nitrogens is 4. The Morgan fingerprint density at radius 1 is 1.21 bits per heavy atom. The number of fused-ring (bicyclic) bond motifs is 1. The summed E-state index contributed by atoms with van der Waals surface area (Å²) in [6, 6.07) is 3.80. The average Bonchev–Trinajstić information content (AvgIpc) is 3.05. The van der Waals surface area contributed by atoms with Crippen molar-refractivity contribution in [2.45, 2.75) is 13.5 Å². The number of aromatic amines is 1. The summed E-state index contributed by atoms with van der Waals surface area (Å²) in [5, 5.41) is 1.90. The van der Waals surface area contributed by atoms with E-state index >= 15 is 0 Å². The molecule has 1 aliphatic rings. The molecule has 4 heterocycles. The Morgan fingerprint density at radius 2 is 2.04 bits per heavy atom. The molecule has 0 saturated carbocycles. The van der Waals surface area contributed by atoms with Crippen LogP contribution in [-0.2, 0) is 6.54 Å². The van der Waals surface area contributed by atoms with Crippen molar-refractivity contribution in [1.29, 1.82) is 0 Å². The largest absolute Gasteiger partial charge is 0.338 e. The molecule has 0 unspecified atom stereocenters. The third-order valence-electron chi connectivity index (χ3n) is 4.17. The van der Waals surface area contributed by atoms with Crippen LogP contribution in [0.5, 0.6) is 0 Å². The highest BCUT2D eigenvalue weighted by atomic mass is 32.1. The molecular formula is C16H18N6OS. The second-order valence-electron chi connectivity index (χ2n) is 5.91. The minimum atomic E-state index is -0.0446. The Labute approximate surface area is 143 Å². The molecule has 124 valence electrons. The van der Waals surface area contributed by atoms with Gasteiger partial charge < -0.3 is 9.88 Å². The van der Waals surface area contributed by atoms with Crippen LogP contribution >= 0.6 is 11.3 Å². The van der Waals surface area contributed by atoms with Crippen LogP contribution in [0.1, 0.15) is 11.5 Å². The molecule has 0 amide bonds. The van der Waals surface area contributed by atoms with E-state index in [2.05, 4.69) is 29.7 Å². The van der Waals surface area contributed by atoms with Gasteiger partial charge in [-0.2, -0.15) is 0 Å². The molecule has 3 aromatic heterocycles.